The average Bonchev–Trinajstić information content (AvgIpc) is 3.21. The molecule has 2 aliphatic rings. The van der Waals surface area contributed by atoms with Crippen molar-refractivity contribution in [1.29, 1.82) is 0 Å². The Labute approximate surface area is 184 Å². The minimum absolute atomic E-state index is 0.101. The van der Waals surface area contributed by atoms with Crippen molar-refractivity contribution >= 4 is 23.3 Å². The summed E-state index contributed by atoms with van der Waals surface area (Å²) in [4.78, 5) is 17.8. The van der Waals surface area contributed by atoms with Crippen LogP contribution in [0.4, 0.5) is 5.95 Å². The van der Waals surface area contributed by atoms with E-state index < -0.39 is 6.04 Å². The SMILES string of the molecule is COc1cccc(C2C3=C(CCCC3=O)Nc3nc(-c4ccccc4Cl)nn32)c1OC. The predicted molar refractivity (Wildman–Crippen MR) is 118 cm³/mol. The number of anilines is 1. The molecule has 1 N–H and O–H groups in total. The Balaban J connectivity index is 1.74. The van der Waals surface area contributed by atoms with Crippen LogP contribution in [0.25, 0.3) is 11.4 Å². The number of hydrogen-bond donors (Lipinski definition) is 1. The molecule has 1 aliphatic carbocycles. The van der Waals surface area contributed by atoms with Gasteiger partial charge in [-0.2, -0.15) is 4.98 Å². The molecule has 0 bridgehead atoms. The van der Waals surface area contributed by atoms with Crippen LogP contribution in [-0.4, -0.2) is 34.8 Å². The number of fused-ring (bicyclic) bond motifs is 1. The summed E-state index contributed by atoms with van der Waals surface area (Å²) in [7, 11) is 3.19. The third-order valence-electron chi connectivity index (χ3n) is 5.71. The van der Waals surface area contributed by atoms with Crippen molar-refractivity contribution in [2.24, 2.45) is 0 Å². The Kier molecular flexibility index (Phi) is 4.90. The van der Waals surface area contributed by atoms with E-state index in [0.29, 0.717) is 40.3 Å². The highest BCUT2D eigenvalue weighted by Crippen LogP contribution is 2.45. The third kappa shape index (κ3) is 3.16. The monoisotopic (exact) mass is 436 g/mol. The normalized spacial score (nSPS) is 17.6. The van der Waals surface area contributed by atoms with Crippen molar-refractivity contribution in [3.05, 3.63) is 64.3 Å². The number of methoxy groups -OCH3 is 2. The van der Waals surface area contributed by atoms with Crippen LogP contribution in [0.1, 0.15) is 30.9 Å². The summed E-state index contributed by atoms with van der Waals surface area (Å²) < 4.78 is 13.0. The molecule has 0 radical (unpaired) electrons. The number of Topliss-reactive ketones (excluding diaryl/α,β-unsaturated/α-hetero) is 1. The minimum Gasteiger partial charge on any atom is -0.493 e. The molecule has 1 aromatic heterocycles. The molecule has 1 aliphatic heterocycles. The Hall–Kier alpha value is -3.32. The van der Waals surface area contributed by atoms with Gasteiger partial charge in [-0.3, -0.25) is 4.79 Å². The van der Waals surface area contributed by atoms with Gasteiger partial charge in [-0.05, 0) is 31.0 Å². The number of halogens is 1. The molecule has 2 aromatic carbocycles. The molecule has 7 nitrogen and oxygen atoms in total. The second-order valence-electron chi connectivity index (χ2n) is 7.46. The molecule has 1 unspecified atom stereocenters. The van der Waals surface area contributed by atoms with E-state index in [4.69, 9.17) is 31.2 Å². The van der Waals surface area contributed by atoms with Gasteiger partial charge in [0, 0.05) is 28.8 Å². The maximum Gasteiger partial charge on any atom is 0.226 e. The lowest BCUT2D eigenvalue weighted by Crippen LogP contribution is -2.31. The van der Waals surface area contributed by atoms with Gasteiger partial charge in [0.05, 0.1) is 19.2 Å². The summed E-state index contributed by atoms with van der Waals surface area (Å²) in [6.07, 6.45) is 2.08. The number of benzene rings is 2. The van der Waals surface area contributed by atoms with Crippen LogP contribution in [0.15, 0.2) is 53.7 Å². The Morgan fingerprint density at radius 2 is 1.94 bits per heavy atom. The highest BCUT2D eigenvalue weighted by molar-refractivity contribution is 6.33. The highest BCUT2D eigenvalue weighted by atomic mass is 35.5. The largest absolute Gasteiger partial charge is 0.493 e. The first-order chi connectivity index (χ1) is 15.1. The Bertz CT molecular complexity index is 1220. The molecular weight excluding hydrogens is 416 g/mol. The van der Waals surface area contributed by atoms with E-state index in [-0.39, 0.29) is 5.78 Å². The van der Waals surface area contributed by atoms with Gasteiger partial charge in [0.2, 0.25) is 5.95 Å². The van der Waals surface area contributed by atoms with Gasteiger partial charge in [0.15, 0.2) is 23.1 Å². The number of nitrogens with zero attached hydrogens (tertiary/aromatic N) is 3. The highest BCUT2D eigenvalue weighted by Gasteiger charge is 2.38. The number of allylic oxidation sites excluding steroid dienone is 2. The lowest BCUT2D eigenvalue weighted by atomic mass is 9.85. The average molecular weight is 437 g/mol. The zero-order valence-corrected chi connectivity index (χ0v) is 17.9. The molecule has 5 rings (SSSR count). The summed E-state index contributed by atoms with van der Waals surface area (Å²) in [5.74, 6) is 2.33. The van der Waals surface area contributed by atoms with Crippen molar-refractivity contribution in [2.45, 2.75) is 25.3 Å². The fraction of sp³-hybridized carbons (Fsp3) is 0.261. The number of ketones is 1. The van der Waals surface area contributed by atoms with Crippen LogP contribution in [-0.2, 0) is 4.79 Å². The lowest BCUT2D eigenvalue weighted by Gasteiger charge is -2.32. The van der Waals surface area contributed by atoms with E-state index in [0.717, 1.165) is 29.7 Å². The minimum atomic E-state index is -0.479. The third-order valence-corrected chi connectivity index (χ3v) is 6.04. The zero-order valence-electron chi connectivity index (χ0n) is 17.2. The van der Waals surface area contributed by atoms with E-state index in [1.54, 1.807) is 25.0 Å². The molecule has 2 heterocycles. The van der Waals surface area contributed by atoms with Crippen molar-refractivity contribution in [3.63, 3.8) is 0 Å². The maximum atomic E-state index is 13.1. The molecule has 31 heavy (non-hydrogen) atoms. The van der Waals surface area contributed by atoms with E-state index in [9.17, 15) is 4.79 Å². The Morgan fingerprint density at radius 3 is 2.71 bits per heavy atom. The van der Waals surface area contributed by atoms with Gasteiger partial charge >= 0.3 is 0 Å². The van der Waals surface area contributed by atoms with E-state index >= 15 is 0 Å². The second-order valence-corrected chi connectivity index (χ2v) is 7.87. The van der Waals surface area contributed by atoms with Gasteiger partial charge < -0.3 is 14.8 Å². The molecule has 3 aromatic rings. The lowest BCUT2D eigenvalue weighted by molar-refractivity contribution is -0.116. The summed E-state index contributed by atoms with van der Waals surface area (Å²) in [5.41, 5.74) is 3.11. The van der Waals surface area contributed by atoms with Crippen molar-refractivity contribution < 1.29 is 14.3 Å². The summed E-state index contributed by atoms with van der Waals surface area (Å²) in [5, 5.41) is 8.67. The fourth-order valence-corrected chi connectivity index (χ4v) is 4.55. The van der Waals surface area contributed by atoms with Crippen molar-refractivity contribution in [2.75, 3.05) is 19.5 Å². The van der Waals surface area contributed by atoms with Crippen LogP contribution < -0.4 is 14.8 Å². The molecular formula is C23H21ClN4O3. The summed E-state index contributed by atoms with van der Waals surface area (Å²) in [6.45, 7) is 0. The Morgan fingerprint density at radius 1 is 1.10 bits per heavy atom. The van der Waals surface area contributed by atoms with Gasteiger partial charge in [-0.15, -0.1) is 5.10 Å². The first-order valence-electron chi connectivity index (χ1n) is 10.1. The number of para-hydroxylation sites is 1. The molecule has 0 amide bonds. The van der Waals surface area contributed by atoms with Gasteiger partial charge in [0.25, 0.3) is 0 Å². The van der Waals surface area contributed by atoms with Crippen molar-refractivity contribution in [1.82, 2.24) is 14.8 Å². The zero-order chi connectivity index (χ0) is 21.5. The molecule has 158 valence electrons. The van der Waals surface area contributed by atoms with Crippen LogP contribution >= 0.6 is 11.6 Å². The summed E-state index contributed by atoms with van der Waals surface area (Å²) >= 11 is 6.40. The van der Waals surface area contributed by atoms with E-state index in [2.05, 4.69) is 5.32 Å². The number of ether oxygens (including phenoxy) is 2. The van der Waals surface area contributed by atoms with Crippen LogP contribution in [0, 0.1) is 0 Å². The quantitative estimate of drug-likeness (QED) is 0.642. The van der Waals surface area contributed by atoms with Crippen molar-refractivity contribution in [3.8, 4) is 22.9 Å². The number of carbonyl (C=O) groups is 1. The fourth-order valence-electron chi connectivity index (χ4n) is 4.33. The molecule has 0 saturated carbocycles. The first kappa shape index (κ1) is 19.6. The number of aromatic nitrogens is 3. The predicted octanol–water partition coefficient (Wildman–Crippen LogP) is 4.64. The van der Waals surface area contributed by atoms with Gasteiger partial charge in [0.1, 0.15) is 6.04 Å². The second kappa shape index (κ2) is 7.74. The van der Waals surface area contributed by atoms with Crippen LogP contribution in [0.2, 0.25) is 5.02 Å². The topological polar surface area (TPSA) is 78.3 Å². The standard InChI is InChI=1S/C23H21ClN4O3/c1-30-18-12-5-8-14(21(18)31-2)20-19-16(10-6-11-17(19)29)25-23-26-22(27-28(20)23)13-7-3-4-9-15(13)24/h3-5,7-9,12,20H,6,10-11H2,1-2H3,(H,25,26,27). The number of rotatable bonds is 4. The molecule has 8 heteroatoms. The maximum absolute atomic E-state index is 13.1. The van der Waals surface area contributed by atoms with Crippen LogP contribution in [0.3, 0.4) is 0 Å². The van der Waals surface area contributed by atoms with Gasteiger partial charge in [-0.1, -0.05) is 35.9 Å². The van der Waals surface area contributed by atoms with E-state index in [1.165, 1.54) is 0 Å². The number of nitrogens with one attached hydrogen (secondary N) is 1. The number of carbonyl (C=O) groups excluding carboxylic acids is 1. The molecule has 1 atom stereocenters. The molecule has 0 fully saturated rings. The molecule has 0 spiro atoms. The molecule has 0 saturated heterocycles. The first-order valence-corrected chi connectivity index (χ1v) is 10.5. The smallest absolute Gasteiger partial charge is 0.226 e. The van der Waals surface area contributed by atoms with Gasteiger partial charge in [-0.25, -0.2) is 4.68 Å². The van der Waals surface area contributed by atoms with Crippen LogP contribution in [0.5, 0.6) is 11.5 Å². The number of hydrogen-bond acceptors (Lipinski definition) is 6. The van der Waals surface area contributed by atoms with E-state index in [1.807, 2.05) is 36.4 Å². The summed E-state index contributed by atoms with van der Waals surface area (Å²) in [6, 6.07) is 12.6.